The van der Waals surface area contributed by atoms with E-state index in [2.05, 4.69) is 80.9 Å². The first-order chi connectivity index (χ1) is 46.9. The molecule has 0 saturated carbocycles. The van der Waals surface area contributed by atoms with Crippen molar-refractivity contribution >= 4 is 74.8 Å². The van der Waals surface area contributed by atoms with Crippen LogP contribution >= 0.6 is 15.9 Å². The van der Waals surface area contributed by atoms with Gasteiger partial charge in [0.2, 0.25) is 11.8 Å². The molecule has 98 heavy (non-hydrogen) atoms. The third-order valence-corrected chi connectivity index (χ3v) is 13.9. The van der Waals surface area contributed by atoms with E-state index in [1.54, 1.807) is 170 Å². The number of rotatable bonds is 14. The number of carbonyl (C=O) groups excluding carboxylic acids is 6. The molecule has 500 valence electrons. The number of anilines is 4. The van der Waals surface area contributed by atoms with E-state index in [-0.39, 0.29) is 93.9 Å². The number of aliphatic hydroxyl groups excluding tert-OH is 1. The van der Waals surface area contributed by atoms with E-state index >= 15 is 0 Å². The molecule has 11 aromatic rings. The van der Waals surface area contributed by atoms with Gasteiger partial charge in [-0.1, -0.05) is 54.6 Å². The van der Waals surface area contributed by atoms with Gasteiger partial charge in [0.15, 0.2) is 46.0 Å². The van der Waals surface area contributed by atoms with Gasteiger partial charge in [-0.3, -0.25) is 24.6 Å². The number of aliphatic hydroxyl groups is 1. The van der Waals surface area contributed by atoms with Gasteiger partial charge < -0.3 is 61.0 Å². The molecule has 33 heteroatoms. The second-order valence-electron chi connectivity index (χ2n) is 20.9. The van der Waals surface area contributed by atoms with Gasteiger partial charge in [0.25, 0.3) is 35.4 Å². The largest absolute Gasteiger partial charge is 0.465 e. The number of amides is 4. The van der Waals surface area contributed by atoms with Crippen molar-refractivity contribution in [2.24, 2.45) is 5.84 Å². The summed E-state index contributed by atoms with van der Waals surface area (Å²) >= 11 is 3.06. The van der Waals surface area contributed by atoms with Gasteiger partial charge in [-0.25, -0.2) is 55.3 Å². The molecule has 0 fully saturated rings. The van der Waals surface area contributed by atoms with Crippen molar-refractivity contribution in [1.82, 2.24) is 80.4 Å². The standard InChI is InChI=1S/C23H20N6O4.C22H20N6O3.C14H16N6O2.C6H6BrN3O2/c1-29(2)22(30)14-9-7-13(8-10-14)17-12-25-19(24)18(26-17)21-28-27-20(33-21)15-5-4-6-16(11-15)23(31)32-3;1-28(2)22(30)15-8-6-14(7-9-15)17-11-24-19(23)18(25-17)21-27-26-20(31-21)16-5-3-4-13(10-16)12-29;1-20(2)14(22)9-5-3-8(4-6-9)10-7-17-12(15)11(18-10)13(21)19-16;1-12-6(11)4-5(8)9-2-3(7)10-4/h4-12H,1-3H3,(H2,24,25);3-11,29H,12H2,1-2H3,(H2,23,24);3-7H,16H2,1-2H3,(H2,15,17)(H,19,21);2H,1H3,(H2,8,9). The van der Waals surface area contributed by atoms with Crippen molar-refractivity contribution < 1.29 is 52.2 Å². The van der Waals surface area contributed by atoms with E-state index in [1.165, 1.54) is 47.5 Å². The molecule has 5 aromatic carbocycles. The van der Waals surface area contributed by atoms with Crippen molar-refractivity contribution in [2.45, 2.75) is 6.61 Å². The summed E-state index contributed by atoms with van der Waals surface area (Å²) < 4.78 is 21.1. The average Bonchev–Trinajstić information content (AvgIpc) is 1.60. The number of nitrogens with one attached hydrogen (secondary N) is 1. The highest BCUT2D eigenvalue weighted by atomic mass is 79.9. The number of nitrogens with zero attached hydrogens (tertiary/aromatic N) is 15. The maximum absolute atomic E-state index is 12.1. The Balaban J connectivity index is 0.000000175. The van der Waals surface area contributed by atoms with Crippen LogP contribution in [0.1, 0.15) is 68.0 Å². The average molecular weight is 1390 g/mol. The molecule has 0 saturated heterocycles. The topological polar surface area (TPSA) is 474 Å². The van der Waals surface area contributed by atoms with E-state index in [1.807, 2.05) is 5.43 Å². The summed E-state index contributed by atoms with van der Waals surface area (Å²) in [5.41, 5.74) is 33.1. The van der Waals surface area contributed by atoms with E-state index in [0.29, 0.717) is 60.6 Å². The summed E-state index contributed by atoms with van der Waals surface area (Å²) in [6.07, 6.45) is 5.93. The van der Waals surface area contributed by atoms with Crippen molar-refractivity contribution in [3.05, 3.63) is 190 Å². The molecule has 0 atom stereocenters. The minimum Gasteiger partial charge on any atom is -0.465 e. The Morgan fingerprint density at radius 3 is 1.27 bits per heavy atom. The van der Waals surface area contributed by atoms with Crippen LogP contribution in [0.15, 0.2) is 160 Å². The SMILES string of the molecule is CN(C)C(=O)c1ccc(-c2cnc(N)c(-c3nnc(-c4cccc(CO)c4)o3)n2)cc1.CN(C)C(=O)c1ccc(-c2cnc(N)c(C(=O)NN)n2)cc1.COC(=O)c1cccc(-c2nnc(-c3nc(-c4ccc(C(=O)N(C)C)cc4)cnc3N)o2)c1.COC(=O)c1nc(Br)cnc1N. The van der Waals surface area contributed by atoms with Crippen LogP contribution in [0.3, 0.4) is 0 Å². The number of halogens is 1. The molecule has 12 N–H and O–H groups in total. The van der Waals surface area contributed by atoms with Crippen LogP contribution in [0.25, 0.3) is 79.8 Å². The second kappa shape index (κ2) is 32.3. The maximum Gasteiger partial charge on any atom is 0.360 e. The Hall–Kier alpha value is -12.9. The molecule has 0 aliphatic heterocycles. The van der Waals surface area contributed by atoms with E-state index in [9.17, 15) is 33.9 Å². The summed E-state index contributed by atoms with van der Waals surface area (Å²) in [4.78, 5) is 108. The zero-order valence-corrected chi connectivity index (χ0v) is 55.2. The number of nitrogens with two attached hydrogens (primary N) is 5. The summed E-state index contributed by atoms with van der Waals surface area (Å²) in [6, 6.07) is 34.6. The third kappa shape index (κ3) is 17.5. The molecule has 0 spiro atoms. The number of carbonyl (C=O) groups is 6. The normalized spacial score (nSPS) is 10.4. The number of hydrogen-bond donors (Lipinski definition) is 7. The van der Waals surface area contributed by atoms with Gasteiger partial charge in [-0.05, 0) is 88.2 Å². The highest BCUT2D eigenvalue weighted by Gasteiger charge is 2.22. The number of methoxy groups -OCH3 is 2. The van der Waals surface area contributed by atoms with Crippen molar-refractivity contribution in [3.63, 3.8) is 0 Å². The summed E-state index contributed by atoms with van der Waals surface area (Å²) in [5.74, 6) is 4.13. The first kappa shape index (κ1) is 71.0. The quantitative estimate of drug-likeness (QED) is 0.0275. The second-order valence-corrected chi connectivity index (χ2v) is 21.8. The summed E-state index contributed by atoms with van der Waals surface area (Å²) in [5, 5.41) is 25.5. The lowest BCUT2D eigenvalue weighted by Crippen LogP contribution is -2.31. The van der Waals surface area contributed by atoms with Crippen LogP contribution in [0, 0.1) is 0 Å². The Morgan fingerprint density at radius 2 is 0.847 bits per heavy atom. The van der Waals surface area contributed by atoms with Crippen LogP contribution < -0.4 is 34.2 Å². The van der Waals surface area contributed by atoms with Gasteiger partial charge in [0.05, 0.1) is 68.3 Å². The van der Waals surface area contributed by atoms with Crippen LogP contribution in [0.5, 0.6) is 0 Å². The highest BCUT2D eigenvalue weighted by molar-refractivity contribution is 9.10. The molecule has 0 aliphatic rings. The molecule has 32 nitrogen and oxygen atoms in total. The van der Waals surface area contributed by atoms with E-state index in [4.69, 9.17) is 42.3 Å². The van der Waals surface area contributed by atoms with Crippen LogP contribution in [0.4, 0.5) is 23.3 Å². The van der Waals surface area contributed by atoms with Gasteiger partial charge in [0, 0.05) is 86.8 Å². The molecule has 6 aromatic heterocycles. The molecule has 0 bridgehead atoms. The number of nitrogen functional groups attached to an aromatic ring is 5. The minimum absolute atomic E-state index is 0.00824. The van der Waals surface area contributed by atoms with Gasteiger partial charge in [-0.15, -0.1) is 20.4 Å². The van der Waals surface area contributed by atoms with E-state index in [0.717, 1.165) is 16.7 Å². The lowest BCUT2D eigenvalue weighted by atomic mass is 10.1. The fraction of sp³-hybridized carbons (Fsp3) is 0.138. The van der Waals surface area contributed by atoms with E-state index < -0.39 is 17.8 Å². The Kier molecular flexibility index (Phi) is 23.4. The van der Waals surface area contributed by atoms with Gasteiger partial charge >= 0.3 is 11.9 Å². The molecule has 0 aliphatic carbocycles. The fourth-order valence-corrected chi connectivity index (χ4v) is 8.76. The third-order valence-electron chi connectivity index (χ3n) is 13.5. The first-order valence-corrected chi connectivity index (χ1v) is 29.5. The zero-order valence-electron chi connectivity index (χ0n) is 53.6. The predicted molar refractivity (Wildman–Crippen MR) is 362 cm³/mol. The Bertz CT molecular complexity index is 4710. The monoisotopic (exact) mass is 1390 g/mol. The van der Waals surface area contributed by atoms with Crippen LogP contribution in [-0.2, 0) is 16.1 Å². The molecule has 6 heterocycles. The number of esters is 2. The van der Waals surface area contributed by atoms with Gasteiger partial charge in [0.1, 0.15) is 4.60 Å². The number of benzene rings is 5. The molecule has 0 unspecified atom stereocenters. The Labute approximate surface area is 566 Å². The molecule has 11 rings (SSSR count). The van der Waals surface area contributed by atoms with Crippen LogP contribution in [-0.4, -0.2) is 172 Å². The molecule has 0 radical (unpaired) electrons. The lowest BCUT2D eigenvalue weighted by molar-refractivity contribution is 0.0588. The molecular weight excluding hydrogens is 1330 g/mol. The Morgan fingerprint density at radius 1 is 0.459 bits per heavy atom. The smallest absolute Gasteiger partial charge is 0.360 e. The van der Waals surface area contributed by atoms with Crippen molar-refractivity contribution in [3.8, 4) is 79.8 Å². The minimum atomic E-state index is -0.619. The summed E-state index contributed by atoms with van der Waals surface area (Å²) in [6.45, 7) is -0.0891. The summed E-state index contributed by atoms with van der Waals surface area (Å²) in [7, 11) is 12.7. The maximum atomic E-state index is 12.1. The van der Waals surface area contributed by atoms with Crippen LogP contribution in [0.2, 0.25) is 0 Å². The number of ether oxygens (including phenoxy) is 2. The number of hydrogen-bond acceptors (Lipinski definition) is 28. The molecule has 4 amide bonds. The number of hydrazine groups is 1. The zero-order chi connectivity index (χ0) is 70.9. The molecular formula is C65H62BrN21O11. The fourth-order valence-electron chi connectivity index (χ4n) is 8.48. The lowest BCUT2D eigenvalue weighted by Gasteiger charge is -2.10. The highest BCUT2D eigenvalue weighted by Crippen LogP contribution is 2.31. The first-order valence-electron chi connectivity index (χ1n) is 28.7. The van der Waals surface area contributed by atoms with Gasteiger partial charge in [-0.2, -0.15) is 0 Å². The number of aromatic nitrogens is 12. The predicted octanol–water partition coefficient (Wildman–Crippen LogP) is 6.21. The van der Waals surface area contributed by atoms with Crippen molar-refractivity contribution in [1.29, 1.82) is 0 Å². The van der Waals surface area contributed by atoms with Crippen molar-refractivity contribution in [2.75, 3.05) is 79.4 Å².